The van der Waals surface area contributed by atoms with E-state index in [0.717, 1.165) is 35.8 Å². The number of rotatable bonds is 7. The fourth-order valence-electron chi connectivity index (χ4n) is 3.50. The highest BCUT2D eigenvalue weighted by atomic mass is 19.1. The molecule has 1 fully saturated rings. The number of aromatic nitrogens is 2. The van der Waals surface area contributed by atoms with Gasteiger partial charge in [-0.2, -0.15) is 0 Å². The molecule has 1 amide bonds. The van der Waals surface area contributed by atoms with E-state index in [1.165, 1.54) is 17.7 Å². The summed E-state index contributed by atoms with van der Waals surface area (Å²) in [5, 5.41) is 0. The van der Waals surface area contributed by atoms with E-state index in [-0.39, 0.29) is 24.6 Å². The highest BCUT2D eigenvalue weighted by molar-refractivity contribution is 5.93. The summed E-state index contributed by atoms with van der Waals surface area (Å²) < 4.78 is 30.4. The smallest absolute Gasteiger partial charge is 0.227 e. The van der Waals surface area contributed by atoms with E-state index in [4.69, 9.17) is 4.98 Å². The Kier molecular flexibility index (Phi) is 5.11. The van der Waals surface area contributed by atoms with Crippen LogP contribution in [0.3, 0.4) is 0 Å². The van der Waals surface area contributed by atoms with Crippen LogP contribution in [0.2, 0.25) is 0 Å². The van der Waals surface area contributed by atoms with Crippen LogP contribution in [0.1, 0.15) is 38.4 Å². The fourth-order valence-corrected chi connectivity index (χ4v) is 3.50. The van der Waals surface area contributed by atoms with Crippen LogP contribution in [0.5, 0.6) is 0 Å². The van der Waals surface area contributed by atoms with Crippen LogP contribution in [-0.4, -0.2) is 15.5 Å². The van der Waals surface area contributed by atoms with Crippen molar-refractivity contribution in [2.75, 3.05) is 4.90 Å². The van der Waals surface area contributed by atoms with E-state index >= 15 is 0 Å². The van der Waals surface area contributed by atoms with Gasteiger partial charge in [-0.15, -0.1) is 0 Å². The highest BCUT2D eigenvalue weighted by Gasteiger charge is 2.27. The molecule has 0 spiro atoms. The van der Waals surface area contributed by atoms with Crippen LogP contribution < -0.4 is 4.90 Å². The van der Waals surface area contributed by atoms with Crippen molar-refractivity contribution in [3.05, 3.63) is 59.9 Å². The van der Waals surface area contributed by atoms with Crippen molar-refractivity contribution in [2.45, 2.75) is 45.7 Å². The minimum atomic E-state index is -0.615. The molecule has 1 aliphatic carbocycles. The quantitative estimate of drug-likeness (QED) is 0.572. The molecule has 4 rings (SSSR count). The van der Waals surface area contributed by atoms with Crippen molar-refractivity contribution in [3.8, 4) is 0 Å². The van der Waals surface area contributed by atoms with Crippen molar-refractivity contribution >= 4 is 22.6 Å². The molecule has 1 aliphatic rings. The summed E-state index contributed by atoms with van der Waals surface area (Å²) in [7, 11) is 0. The van der Waals surface area contributed by atoms with Crippen LogP contribution in [0, 0.1) is 17.6 Å². The Hall–Kier alpha value is -2.76. The molecule has 1 aromatic heterocycles. The van der Waals surface area contributed by atoms with Gasteiger partial charge in [0, 0.05) is 19.0 Å². The molecule has 2 aromatic carbocycles. The molecule has 1 saturated carbocycles. The lowest BCUT2D eigenvalue weighted by Crippen LogP contribution is -2.32. The topological polar surface area (TPSA) is 38.1 Å². The first-order chi connectivity index (χ1) is 13.6. The zero-order chi connectivity index (χ0) is 19.7. The van der Waals surface area contributed by atoms with E-state index < -0.39 is 11.6 Å². The standard InChI is InChI=1S/C22H23F2N3O/c1-2-5-22(28)27(20-12-16(23)10-11-17(20)24)14-21-25-18-6-3-4-7-19(18)26(21)13-15-8-9-15/h3-4,6-7,10-12,15H,2,5,8-9,13-14H2,1H3. The summed E-state index contributed by atoms with van der Waals surface area (Å²) in [6.07, 6.45) is 3.26. The Bertz CT molecular complexity index is 1010. The van der Waals surface area contributed by atoms with Gasteiger partial charge in [-0.25, -0.2) is 13.8 Å². The maximum absolute atomic E-state index is 14.5. The molecule has 0 aliphatic heterocycles. The molecule has 3 aromatic rings. The Labute approximate surface area is 162 Å². The zero-order valence-corrected chi connectivity index (χ0v) is 15.9. The lowest BCUT2D eigenvalue weighted by Gasteiger charge is -2.23. The van der Waals surface area contributed by atoms with Gasteiger partial charge >= 0.3 is 0 Å². The van der Waals surface area contributed by atoms with Crippen LogP contribution >= 0.6 is 0 Å². The van der Waals surface area contributed by atoms with Gasteiger partial charge in [0.05, 0.1) is 23.3 Å². The largest absolute Gasteiger partial charge is 0.326 e. The summed E-state index contributed by atoms with van der Waals surface area (Å²) in [5.41, 5.74) is 1.82. The average molecular weight is 383 g/mol. The number of hydrogen-bond donors (Lipinski definition) is 0. The van der Waals surface area contributed by atoms with Gasteiger partial charge in [-0.3, -0.25) is 4.79 Å². The van der Waals surface area contributed by atoms with Gasteiger partial charge in [0.1, 0.15) is 17.5 Å². The first kappa shape index (κ1) is 18.6. The number of carbonyl (C=O) groups excluding carboxylic acids is 1. The number of amides is 1. The number of nitrogens with zero attached hydrogens (tertiary/aromatic N) is 3. The van der Waals surface area contributed by atoms with Crippen molar-refractivity contribution in [2.24, 2.45) is 5.92 Å². The van der Waals surface area contributed by atoms with Crippen LogP contribution in [0.4, 0.5) is 14.5 Å². The van der Waals surface area contributed by atoms with Gasteiger partial charge in [0.25, 0.3) is 0 Å². The van der Waals surface area contributed by atoms with Gasteiger partial charge in [0.15, 0.2) is 0 Å². The molecule has 0 atom stereocenters. The Morgan fingerprint density at radius 2 is 2.00 bits per heavy atom. The van der Waals surface area contributed by atoms with E-state index in [1.54, 1.807) is 0 Å². The molecule has 1 heterocycles. The molecule has 146 valence electrons. The molecule has 0 unspecified atom stereocenters. The second-order valence-electron chi connectivity index (χ2n) is 7.40. The number of para-hydroxylation sites is 2. The lowest BCUT2D eigenvalue weighted by atomic mass is 10.2. The lowest BCUT2D eigenvalue weighted by molar-refractivity contribution is -0.118. The monoisotopic (exact) mass is 383 g/mol. The summed E-state index contributed by atoms with van der Waals surface area (Å²) in [4.78, 5) is 18.8. The first-order valence-electron chi connectivity index (χ1n) is 9.76. The van der Waals surface area contributed by atoms with Gasteiger partial charge in [-0.1, -0.05) is 19.1 Å². The molecule has 0 N–H and O–H groups in total. The number of fused-ring (bicyclic) bond motifs is 1. The maximum atomic E-state index is 14.5. The molecule has 28 heavy (non-hydrogen) atoms. The third-order valence-corrected chi connectivity index (χ3v) is 5.13. The predicted octanol–water partition coefficient (Wildman–Crippen LogP) is 5.06. The molecule has 6 heteroatoms. The number of anilines is 1. The number of benzene rings is 2. The number of halogens is 2. The molecule has 4 nitrogen and oxygen atoms in total. The Morgan fingerprint density at radius 1 is 1.21 bits per heavy atom. The van der Waals surface area contributed by atoms with Gasteiger partial charge < -0.3 is 9.47 Å². The SMILES string of the molecule is CCCC(=O)N(Cc1nc2ccccc2n1CC1CC1)c1cc(F)ccc1F. The second-order valence-corrected chi connectivity index (χ2v) is 7.40. The number of imidazole rings is 1. The van der Waals surface area contributed by atoms with E-state index in [9.17, 15) is 13.6 Å². The van der Waals surface area contributed by atoms with E-state index in [2.05, 4.69) is 4.57 Å². The minimum absolute atomic E-state index is 0.0384. The van der Waals surface area contributed by atoms with E-state index in [0.29, 0.717) is 18.2 Å². The number of carbonyl (C=O) groups is 1. The summed E-state index contributed by atoms with van der Waals surface area (Å²) in [5.74, 6) is -0.117. The van der Waals surface area contributed by atoms with Crippen LogP contribution in [-0.2, 0) is 17.9 Å². The van der Waals surface area contributed by atoms with E-state index in [1.807, 2.05) is 31.2 Å². The second kappa shape index (κ2) is 7.70. The van der Waals surface area contributed by atoms with Crippen molar-refractivity contribution in [1.29, 1.82) is 0 Å². The fraction of sp³-hybridized carbons (Fsp3) is 0.364. The third kappa shape index (κ3) is 3.77. The molecular formula is C22H23F2N3O. The Morgan fingerprint density at radius 3 is 2.75 bits per heavy atom. The van der Waals surface area contributed by atoms with Crippen LogP contribution in [0.25, 0.3) is 11.0 Å². The normalized spacial score (nSPS) is 13.8. The predicted molar refractivity (Wildman–Crippen MR) is 105 cm³/mol. The Balaban J connectivity index is 1.76. The van der Waals surface area contributed by atoms with Gasteiger partial charge in [0.2, 0.25) is 5.91 Å². The minimum Gasteiger partial charge on any atom is -0.326 e. The zero-order valence-electron chi connectivity index (χ0n) is 15.9. The van der Waals surface area contributed by atoms with Crippen molar-refractivity contribution in [1.82, 2.24) is 9.55 Å². The molecule has 0 saturated heterocycles. The summed E-state index contributed by atoms with van der Waals surface area (Å²) in [6.45, 7) is 2.83. The van der Waals surface area contributed by atoms with Crippen LogP contribution in [0.15, 0.2) is 42.5 Å². The van der Waals surface area contributed by atoms with Crippen molar-refractivity contribution in [3.63, 3.8) is 0 Å². The molecule has 0 radical (unpaired) electrons. The highest BCUT2D eigenvalue weighted by Crippen LogP contribution is 2.33. The maximum Gasteiger partial charge on any atom is 0.227 e. The molecular weight excluding hydrogens is 360 g/mol. The first-order valence-corrected chi connectivity index (χ1v) is 9.76. The van der Waals surface area contributed by atoms with Gasteiger partial charge in [-0.05, 0) is 49.4 Å². The molecule has 0 bridgehead atoms. The number of hydrogen-bond acceptors (Lipinski definition) is 2. The average Bonchev–Trinajstić information content (AvgIpc) is 3.44. The summed E-state index contributed by atoms with van der Waals surface area (Å²) in [6, 6.07) is 11.0. The van der Waals surface area contributed by atoms with Crippen molar-refractivity contribution < 1.29 is 13.6 Å². The third-order valence-electron chi connectivity index (χ3n) is 5.13. The summed E-state index contributed by atoms with van der Waals surface area (Å²) >= 11 is 0.